The molecule has 0 aliphatic heterocycles. The van der Waals surface area contributed by atoms with Crippen LogP contribution in [0, 0.1) is 20.8 Å². The van der Waals surface area contributed by atoms with Crippen molar-refractivity contribution >= 4 is 29.8 Å². The van der Waals surface area contributed by atoms with Gasteiger partial charge in [0.1, 0.15) is 11.5 Å². The van der Waals surface area contributed by atoms with Crippen molar-refractivity contribution in [2.45, 2.75) is 34.2 Å². The molecular formula is C26H28N10O. The lowest BCUT2D eigenvalue weighted by atomic mass is 10.2. The molecule has 11 heteroatoms. The molecule has 1 amide bonds. The van der Waals surface area contributed by atoms with Gasteiger partial charge in [0.2, 0.25) is 0 Å². The van der Waals surface area contributed by atoms with Gasteiger partial charge in [-0.25, -0.2) is 19.6 Å². The van der Waals surface area contributed by atoms with Crippen LogP contribution in [0.25, 0.3) is 11.4 Å². The molecule has 4 heterocycles. The maximum absolute atomic E-state index is 12.7. The molecule has 4 aromatic rings. The third-order valence-corrected chi connectivity index (χ3v) is 5.27. The molecule has 0 radical (unpaired) electrons. The number of carbonyl (C=O) groups excluding carboxylic acids is 1. The minimum Gasteiger partial charge on any atom is -0.347 e. The van der Waals surface area contributed by atoms with Crippen molar-refractivity contribution in [3.63, 3.8) is 0 Å². The zero-order valence-electron chi connectivity index (χ0n) is 21.1. The first-order valence-electron chi connectivity index (χ1n) is 11.6. The zero-order chi connectivity index (χ0) is 26.4. The van der Waals surface area contributed by atoms with Crippen LogP contribution < -0.4 is 10.6 Å². The van der Waals surface area contributed by atoms with Gasteiger partial charge in [-0.05, 0) is 63.3 Å². The zero-order valence-corrected chi connectivity index (χ0v) is 21.1. The van der Waals surface area contributed by atoms with Crippen molar-refractivity contribution in [2.75, 3.05) is 5.32 Å². The predicted molar refractivity (Wildman–Crippen MR) is 143 cm³/mol. The van der Waals surface area contributed by atoms with Gasteiger partial charge in [0.15, 0.2) is 17.5 Å². The summed E-state index contributed by atoms with van der Waals surface area (Å²) >= 11 is 0. The number of anilines is 2. The van der Waals surface area contributed by atoms with Crippen LogP contribution >= 0.6 is 0 Å². The van der Waals surface area contributed by atoms with Gasteiger partial charge in [-0.3, -0.25) is 14.9 Å². The molecule has 0 atom stereocenters. The van der Waals surface area contributed by atoms with Gasteiger partial charge < -0.3 is 10.6 Å². The number of amides is 1. The highest BCUT2D eigenvalue weighted by atomic mass is 16.2. The summed E-state index contributed by atoms with van der Waals surface area (Å²) in [5, 5.41) is 17.3. The van der Waals surface area contributed by atoms with Crippen LogP contribution in [0.3, 0.4) is 0 Å². The SMILES string of the molecule is C=N/C(=C\C=C(/C)c1nc(C)cc(Nc2cc(C)[nH]n2)n1)C(=O)NCc1ccc(-n2cc(C)cn2)nc1. The van der Waals surface area contributed by atoms with E-state index in [2.05, 4.69) is 52.6 Å². The molecule has 0 unspecified atom stereocenters. The second-order valence-corrected chi connectivity index (χ2v) is 8.51. The fraction of sp³-hybridized carbons (Fsp3) is 0.192. The van der Waals surface area contributed by atoms with E-state index in [9.17, 15) is 4.79 Å². The fourth-order valence-electron chi connectivity index (χ4n) is 3.37. The monoisotopic (exact) mass is 496 g/mol. The van der Waals surface area contributed by atoms with Crippen molar-refractivity contribution in [3.8, 4) is 5.82 Å². The Bertz CT molecular complexity index is 1480. The minimum atomic E-state index is -0.354. The standard InChI is InChI=1S/C26H28N10O/c1-16-12-30-36(15-16)24-9-7-20(13-28-24)14-29-26(37)21(27-5)8-6-17(2)25-31-18(3)10-22(33-25)32-23-11-19(4)34-35-23/h6-13,15H,5,14H2,1-4H3,(H,29,37)(H2,31,32,33,34,35)/b17-6+,21-8-. The number of carbonyl (C=O) groups is 1. The first kappa shape index (κ1) is 25.2. The van der Waals surface area contributed by atoms with E-state index in [1.807, 2.05) is 58.2 Å². The van der Waals surface area contributed by atoms with E-state index in [1.54, 1.807) is 29.2 Å². The van der Waals surface area contributed by atoms with Gasteiger partial charge in [-0.2, -0.15) is 10.2 Å². The highest BCUT2D eigenvalue weighted by molar-refractivity contribution is 5.94. The molecule has 0 fully saturated rings. The Kier molecular flexibility index (Phi) is 7.62. The molecular weight excluding hydrogens is 468 g/mol. The molecule has 11 nitrogen and oxygen atoms in total. The lowest BCUT2D eigenvalue weighted by Crippen LogP contribution is -2.23. The number of H-pyrrole nitrogens is 1. The molecule has 3 N–H and O–H groups in total. The van der Waals surface area contributed by atoms with Crippen molar-refractivity contribution in [2.24, 2.45) is 4.99 Å². The number of pyridine rings is 1. The largest absolute Gasteiger partial charge is 0.347 e. The number of nitrogens with zero attached hydrogens (tertiary/aromatic N) is 7. The number of aliphatic imine (C=N–C) groups is 1. The lowest BCUT2D eigenvalue weighted by molar-refractivity contribution is -0.117. The van der Waals surface area contributed by atoms with E-state index in [1.165, 1.54) is 0 Å². The number of hydrogen-bond acceptors (Lipinski definition) is 8. The summed E-state index contributed by atoms with van der Waals surface area (Å²) in [6.45, 7) is 11.5. The molecule has 0 saturated heterocycles. The smallest absolute Gasteiger partial charge is 0.270 e. The molecule has 0 spiro atoms. The molecule has 0 saturated carbocycles. The average molecular weight is 497 g/mol. The number of allylic oxidation sites excluding steroid dienone is 3. The van der Waals surface area contributed by atoms with Gasteiger partial charge in [-0.15, -0.1) is 0 Å². The molecule has 0 aromatic carbocycles. The summed E-state index contributed by atoms with van der Waals surface area (Å²) in [6, 6.07) is 7.45. The highest BCUT2D eigenvalue weighted by Gasteiger charge is 2.09. The number of aromatic nitrogens is 7. The molecule has 188 valence electrons. The van der Waals surface area contributed by atoms with Crippen molar-refractivity contribution in [1.82, 2.24) is 40.2 Å². The fourth-order valence-corrected chi connectivity index (χ4v) is 3.37. The van der Waals surface area contributed by atoms with Gasteiger partial charge >= 0.3 is 0 Å². The van der Waals surface area contributed by atoms with Gasteiger partial charge in [0, 0.05) is 42.5 Å². The van der Waals surface area contributed by atoms with E-state index in [0.717, 1.165) is 28.1 Å². The second-order valence-electron chi connectivity index (χ2n) is 8.51. The number of hydrogen-bond donors (Lipinski definition) is 3. The molecule has 4 rings (SSSR count). The molecule has 0 aliphatic rings. The second kappa shape index (κ2) is 11.2. The average Bonchev–Trinajstić information content (AvgIpc) is 3.50. The first-order valence-corrected chi connectivity index (χ1v) is 11.6. The number of aryl methyl sites for hydroxylation is 3. The van der Waals surface area contributed by atoms with E-state index >= 15 is 0 Å². The molecule has 37 heavy (non-hydrogen) atoms. The predicted octanol–water partition coefficient (Wildman–Crippen LogP) is 3.75. The van der Waals surface area contributed by atoms with Crippen LogP contribution in [0.2, 0.25) is 0 Å². The van der Waals surface area contributed by atoms with E-state index in [0.29, 0.717) is 29.8 Å². The Morgan fingerprint density at radius 1 is 1.14 bits per heavy atom. The maximum Gasteiger partial charge on any atom is 0.270 e. The van der Waals surface area contributed by atoms with Crippen LogP contribution in [0.5, 0.6) is 0 Å². The Morgan fingerprint density at radius 3 is 2.62 bits per heavy atom. The Labute approximate surface area is 214 Å². The van der Waals surface area contributed by atoms with Crippen LogP contribution in [0.15, 0.2) is 65.7 Å². The summed E-state index contributed by atoms with van der Waals surface area (Å²) in [7, 11) is 0. The van der Waals surface area contributed by atoms with Crippen molar-refractivity contribution in [3.05, 3.63) is 89.0 Å². The minimum absolute atomic E-state index is 0.175. The Morgan fingerprint density at radius 2 is 1.97 bits per heavy atom. The van der Waals surface area contributed by atoms with Crippen LogP contribution in [-0.4, -0.2) is 47.6 Å². The van der Waals surface area contributed by atoms with Gasteiger partial charge in [0.25, 0.3) is 5.91 Å². The first-order chi connectivity index (χ1) is 17.8. The Hall–Kier alpha value is -4.93. The third-order valence-electron chi connectivity index (χ3n) is 5.27. The summed E-state index contributed by atoms with van der Waals surface area (Å²) in [5.41, 5.74) is 4.56. The molecule has 0 aliphatic carbocycles. The number of nitrogens with one attached hydrogen (secondary N) is 3. The van der Waals surface area contributed by atoms with Gasteiger partial charge in [0.05, 0.1) is 6.20 Å². The van der Waals surface area contributed by atoms with Crippen molar-refractivity contribution < 1.29 is 4.79 Å². The summed E-state index contributed by atoms with van der Waals surface area (Å²) in [6.07, 6.45) is 8.70. The van der Waals surface area contributed by atoms with Crippen LogP contribution in [-0.2, 0) is 11.3 Å². The maximum atomic E-state index is 12.7. The number of aromatic amines is 1. The van der Waals surface area contributed by atoms with E-state index in [4.69, 9.17) is 0 Å². The van der Waals surface area contributed by atoms with E-state index < -0.39 is 0 Å². The van der Waals surface area contributed by atoms with Crippen LogP contribution in [0.1, 0.15) is 35.3 Å². The van der Waals surface area contributed by atoms with E-state index in [-0.39, 0.29) is 11.6 Å². The molecule has 4 aromatic heterocycles. The summed E-state index contributed by atoms with van der Waals surface area (Å²) < 4.78 is 1.70. The van der Waals surface area contributed by atoms with Crippen molar-refractivity contribution in [1.29, 1.82) is 0 Å². The summed E-state index contributed by atoms with van der Waals surface area (Å²) in [4.78, 5) is 30.0. The highest BCUT2D eigenvalue weighted by Crippen LogP contribution is 2.18. The van der Waals surface area contributed by atoms with Crippen LogP contribution in [0.4, 0.5) is 11.6 Å². The van der Waals surface area contributed by atoms with Gasteiger partial charge in [-0.1, -0.05) is 12.1 Å². The Balaban J connectivity index is 1.41. The third kappa shape index (κ3) is 6.60. The summed E-state index contributed by atoms with van der Waals surface area (Å²) in [5.74, 6) is 2.15. The quantitative estimate of drug-likeness (QED) is 0.182. The lowest BCUT2D eigenvalue weighted by Gasteiger charge is -2.07. The topological polar surface area (TPSA) is 139 Å². The number of rotatable bonds is 9. The molecule has 0 bridgehead atoms. The normalized spacial score (nSPS) is 11.9.